The summed E-state index contributed by atoms with van der Waals surface area (Å²) >= 11 is 0. The zero-order valence-corrected chi connectivity index (χ0v) is 32.3. The Balaban J connectivity index is 0.928. The number of hydrogen-bond acceptors (Lipinski definition) is 5. The molecule has 0 aliphatic rings. The molecule has 0 N–H and O–H groups in total. The quantitative estimate of drug-likeness (QED) is 0.158. The molecular formula is C55H34N4O. The van der Waals surface area contributed by atoms with Crippen LogP contribution in [0.4, 0.5) is 17.1 Å². The maximum atomic E-state index is 6.13. The molecule has 0 fully saturated rings. The van der Waals surface area contributed by atoms with Crippen LogP contribution in [-0.4, -0.2) is 15.0 Å². The number of pyridine rings is 2. The fraction of sp³-hybridized carbons (Fsp3) is 0. The minimum absolute atomic E-state index is 0.603. The number of fused-ring (bicyclic) bond motifs is 8. The fourth-order valence-electron chi connectivity index (χ4n) is 8.62. The molecule has 0 spiro atoms. The standard InChI is InChI=1S/C55H34N4O/c1-2-9-42-34-56-53(33-38(42)8-1)41-19-26-47-39(31-41)13-14-40-32-45(25-27-48(40)47)59(44-23-17-37(18-24-44)55-58-52-11-5-6-12-54(52)60-55)43-21-15-36(16-22-43)50-30-28-49-46-10-4-3-7-35(46)20-29-51(49)57-50/h1-34H. The Morgan fingerprint density at radius 3 is 1.78 bits per heavy atom. The lowest BCUT2D eigenvalue weighted by Crippen LogP contribution is -2.10. The van der Waals surface area contributed by atoms with Crippen molar-refractivity contribution in [2.45, 2.75) is 0 Å². The van der Waals surface area contributed by atoms with E-state index in [-0.39, 0.29) is 0 Å². The lowest BCUT2D eigenvalue weighted by Gasteiger charge is -2.26. The van der Waals surface area contributed by atoms with Crippen LogP contribution in [0.2, 0.25) is 0 Å². The molecule has 5 heteroatoms. The van der Waals surface area contributed by atoms with Crippen LogP contribution in [0.3, 0.4) is 0 Å². The number of anilines is 3. The van der Waals surface area contributed by atoms with Crippen LogP contribution >= 0.6 is 0 Å². The first-order valence-corrected chi connectivity index (χ1v) is 20.2. The van der Waals surface area contributed by atoms with Crippen LogP contribution in [0.25, 0.3) is 99.1 Å². The summed E-state index contributed by atoms with van der Waals surface area (Å²) < 4.78 is 6.13. The van der Waals surface area contributed by atoms with Crippen LogP contribution in [0, 0.1) is 0 Å². The number of hydrogen-bond donors (Lipinski definition) is 0. The molecule has 12 rings (SSSR count). The fourth-order valence-corrected chi connectivity index (χ4v) is 8.62. The van der Waals surface area contributed by atoms with Crippen molar-refractivity contribution in [3.8, 4) is 34.0 Å². The number of benzene rings is 9. The third kappa shape index (κ3) is 5.83. The first-order valence-electron chi connectivity index (χ1n) is 20.2. The van der Waals surface area contributed by atoms with Crippen molar-refractivity contribution in [1.82, 2.24) is 15.0 Å². The highest BCUT2D eigenvalue weighted by atomic mass is 16.3. The second-order valence-electron chi connectivity index (χ2n) is 15.3. The van der Waals surface area contributed by atoms with Crippen molar-refractivity contribution >= 4 is 82.2 Å². The summed E-state index contributed by atoms with van der Waals surface area (Å²) in [6.45, 7) is 0. The molecule has 3 heterocycles. The Hall–Kier alpha value is -8.15. The Labute approximate surface area is 345 Å². The smallest absolute Gasteiger partial charge is 0.227 e. The molecule has 0 unspecified atom stereocenters. The minimum Gasteiger partial charge on any atom is -0.436 e. The summed E-state index contributed by atoms with van der Waals surface area (Å²) in [6, 6.07) is 70.5. The summed E-state index contributed by atoms with van der Waals surface area (Å²) in [5.74, 6) is 0.603. The minimum atomic E-state index is 0.603. The SMILES string of the molecule is c1ccc2cc(-c3ccc4c(ccc5cc(N(c6ccc(-c7ccc8c(ccc9ccccc98)n7)cc6)c6ccc(-c7nc8ccccc8o7)cc6)ccc54)c3)ncc2c1. The predicted octanol–water partition coefficient (Wildman–Crippen LogP) is 14.9. The van der Waals surface area contributed by atoms with E-state index in [2.05, 4.69) is 181 Å². The second kappa shape index (κ2) is 13.8. The Kier molecular flexibility index (Phi) is 7.78. The van der Waals surface area contributed by atoms with Gasteiger partial charge in [-0.1, -0.05) is 115 Å². The number of aromatic nitrogens is 3. The van der Waals surface area contributed by atoms with Gasteiger partial charge in [0.1, 0.15) is 5.52 Å². The average molecular weight is 767 g/mol. The van der Waals surface area contributed by atoms with Gasteiger partial charge in [0.05, 0.1) is 16.9 Å². The van der Waals surface area contributed by atoms with E-state index in [0.29, 0.717) is 5.89 Å². The normalized spacial score (nSPS) is 11.7. The van der Waals surface area contributed by atoms with E-state index < -0.39 is 0 Å². The molecule has 9 aromatic carbocycles. The zero-order valence-electron chi connectivity index (χ0n) is 32.3. The Morgan fingerprint density at radius 1 is 0.350 bits per heavy atom. The lowest BCUT2D eigenvalue weighted by atomic mass is 9.98. The molecule has 3 aromatic heterocycles. The summed E-state index contributed by atoms with van der Waals surface area (Å²) in [7, 11) is 0. The predicted molar refractivity (Wildman–Crippen MR) is 248 cm³/mol. The van der Waals surface area contributed by atoms with E-state index >= 15 is 0 Å². The third-order valence-electron chi connectivity index (χ3n) is 11.7. The molecule has 5 nitrogen and oxygen atoms in total. The molecule has 0 amide bonds. The highest BCUT2D eigenvalue weighted by Gasteiger charge is 2.17. The lowest BCUT2D eigenvalue weighted by molar-refractivity contribution is 0.620. The van der Waals surface area contributed by atoms with Crippen molar-refractivity contribution in [1.29, 1.82) is 0 Å². The molecule has 0 saturated carbocycles. The van der Waals surface area contributed by atoms with Crippen LogP contribution in [0.1, 0.15) is 0 Å². The van der Waals surface area contributed by atoms with Crippen molar-refractivity contribution in [2.75, 3.05) is 4.90 Å². The van der Waals surface area contributed by atoms with E-state index in [1.807, 2.05) is 30.5 Å². The molecule has 0 radical (unpaired) electrons. The molecule has 0 atom stereocenters. The van der Waals surface area contributed by atoms with Gasteiger partial charge in [-0.25, -0.2) is 9.97 Å². The van der Waals surface area contributed by atoms with Gasteiger partial charge in [-0.3, -0.25) is 4.98 Å². The summed E-state index contributed by atoms with van der Waals surface area (Å²) in [5, 5.41) is 10.7. The van der Waals surface area contributed by atoms with Crippen molar-refractivity contribution in [2.24, 2.45) is 0 Å². The first kappa shape index (κ1) is 33.9. The largest absolute Gasteiger partial charge is 0.436 e. The maximum Gasteiger partial charge on any atom is 0.227 e. The van der Waals surface area contributed by atoms with E-state index in [1.54, 1.807) is 0 Å². The second-order valence-corrected chi connectivity index (χ2v) is 15.3. The highest BCUT2D eigenvalue weighted by Crippen LogP contribution is 2.40. The van der Waals surface area contributed by atoms with Crippen molar-refractivity contribution in [3.05, 3.63) is 206 Å². The number of para-hydroxylation sites is 2. The molecule has 12 aromatic rings. The van der Waals surface area contributed by atoms with Gasteiger partial charge < -0.3 is 9.32 Å². The van der Waals surface area contributed by atoms with E-state index in [9.17, 15) is 0 Å². The van der Waals surface area contributed by atoms with E-state index in [0.717, 1.165) is 77.9 Å². The molecule has 0 saturated heterocycles. The van der Waals surface area contributed by atoms with Gasteiger partial charge in [-0.15, -0.1) is 0 Å². The number of rotatable bonds is 6. The Morgan fingerprint density at radius 2 is 0.967 bits per heavy atom. The molecule has 0 bridgehead atoms. The highest BCUT2D eigenvalue weighted by molar-refractivity contribution is 6.10. The number of nitrogens with zero attached hydrogens (tertiary/aromatic N) is 4. The first-order chi connectivity index (χ1) is 29.7. The third-order valence-corrected chi connectivity index (χ3v) is 11.7. The van der Waals surface area contributed by atoms with E-state index in [1.165, 1.54) is 32.3 Å². The zero-order chi connectivity index (χ0) is 39.6. The van der Waals surface area contributed by atoms with Crippen LogP contribution < -0.4 is 4.90 Å². The maximum absolute atomic E-state index is 6.13. The van der Waals surface area contributed by atoms with Crippen molar-refractivity contribution in [3.63, 3.8) is 0 Å². The molecule has 0 aliphatic heterocycles. The summed E-state index contributed by atoms with van der Waals surface area (Å²) in [5.41, 5.74) is 10.7. The van der Waals surface area contributed by atoms with Gasteiger partial charge in [0.2, 0.25) is 5.89 Å². The van der Waals surface area contributed by atoms with Gasteiger partial charge in [-0.05, 0) is 123 Å². The summed E-state index contributed by atoms with van der Waals surface area (Å²) in [4.78, 5) is 16.9. The number of oxazole rings is 1. The van der Waals surface area contributed by atoms with Crippen LogP contribution in [-0.2, 0) is 0 Å². The van der Waals surface area contributed by atoms with Gasteiger partial charge in [0, 0.05) is 50.7 Å². The Bertz CT molecular complexity index is 3580. The van der Waals surface area contributed by atoms with Crippen LogP contribution in [0.15, 0.2) is 211 Å². The molecular weight excluding hydrogens is 733 g/mol. The van der Waals surface area contributed by atoms with Gasteiger partial charge in [0.15, 0.2) is 5.58 Å². The van der Waals surface area contributed by atoms with Gasteiger partial charge in [-0.2, -0.15) is 0 Å². The van der Waals surface area contributed by atoms with Crippen LogP contribution in [0.5, 0.6) is 0 Å². The summed E-state index contributed by atoms with van der Waals surface area (Å²) in [6.07, 6.45) is 1.96. The average Bonchev–Trinajstić information content (AvgIpc) is 3.76. The monoisotopic (exact) mass is 766 g/mol. The van der Waals surface area contributed by atoms with E-state index in [4.69, 9.17) is 19.4 Å². The molecule has 280 valence electrons. The van der Waals surface area contributed by atoms with Gasteiger partial charge >= 0.3 is 0 Å². The molecule has 0 aliphatic carbocycles. The van der Waals surface area contributed by atoms with Crippen molar-refractivity contribution < 1.29 is 4.42 Å². The van der Waals surface area contributed by atoms with Gasteiger partial charge in [0.25, 0.3) is 0 Å². The molecule has 60 heavy (non-hydrogen) atoms. The topological polar surface area (TPSA) is 55.1 Å².